The second-order valence-corrected chi connectivity index (χ2v) is 17.1. The molecule has 3 aromatic heterocycles. The van der Waals surface area contributed by atoms with Crippen LogP contribution in [0.1, 0.15) is 0 Å². The van der Waals surface area contributed by atoms with Crippen LogP contribution in [0.25, 0.3) is 133 Å². The molecule has 0 unspecified atom stereocenters. The number of benzene rings is 10. The summed E-state index contributed by atoms with van der Waals surface area (Å²) in [6.45, 7) is 0. The maximum atomic E-state index is 6.67. The van der Waals surface area contributed by atoms with Gasteiger partial charge in [-0.25, -0.2) is 15.0 Å². The van der Waals surface area contributed by atoms with E-state index in [0.29, 0.717) is 5.82 Å². The van der Waals surface area contributed by atoms with Crippen molar-refractivity contribution in [3.05, 3.63) is 237 Å². The first-order valence-corrected chi connectivity index (χ1v) is 22.7. The highest BCUT2D eigenvalue weighted by Crippen LogP contribution is 2.47. The molecule has 0 amide bonds. The summed E-state index contributed by atoms with van der Waals surface area (Å²) in [6.07, 6.45) is 0. The summed E-state index contributed by atoms with van der Waals surface area (Å²) in [7, 11) is 0. The van der Waals surface area contributed by atoms with E-state index in [1.54, 1.807) is 0 Å². The summed E-state index contributed by atoms with van der Waals surface area (Å²) in [5.41, 5.74) is 16.2. The van der Waals surface area contributed by atoms with Crippen molar-refractivity contribution in [2.24, 2.45) is 0 Å². The summed E-state index contributed by atoms with van der Waals surface area (Å²) >= 11 is 0. The van der Waals surface area contributed by atoms with E-state index in [2.05, 4.69) is 218 Å². The lowest BCUT2D eigenvalue weighted by Gasteiger charge is -2.17. The average Bonchev–Trinajstić information content (AvgIpc) is 3.78. The van der Waals surface area contributed by atoms with Crippen molar-refractivity contribution in [1.82, 2.24) is 15.0 Å². The summed E-state index contributed by atoms with van der Waals surface area (Å²) < 4.78 is 6.67. The molecule has 0 aliphatic carbocycles. The molecule has 0 spiro atoms. The van der Waals surface area contributed by atoms with Crippen LogP contribution in [0.4, 0.5) is 0 Å². The molecular weight excluding hydrogens is 815 g/mol. The number of hydrogen-bond acceptors (Lipinski definition) is 4. The lowest BCUT2D eigenvalue weighted by atomic mass is 9.88. The van der Waals surface area contributed by atoms with E-state index in [-0.39, 0.29) is 0 Å². The van der Waals surface area contributed by atoms with Crippen LogP contribution in [0.2, 0.25) is 0 Å². The molecule has 10 aromatic carbocycles. The molecule has 0 saturated heterocycles. The second-order valence-electron chi connectivity index (χ2n) is 17.1. The molecule has 4 heteroatoms. The number of nitrogens with zero attached hydrogens (tertiary/aromatic N) is 3. The average molecular weight is 854 g/mol. The zero-order chi connectivity index (χ0) is 44.3. The third-order valence-electron chi connectivity index (χ3n) is 13.1. The van der Waals surface area contributed by atoms with Crippen LogP contribution in [0.3, 0.4) is 0 Å². The van der Waals surface area contributed by atoms with Crippen LogP contribution in [0, 0.1) is 0 Å². The van der Waals surface area contributed by atoms with Gasteiger partial charge in [-0.05, 0) is 75.0 Å². The third-order valence-corrected chi connectivity index (χ3v) is 13.1. The van der Waals surface area contributed by atoms with Crippen molar-refractivity contribution >= 4 is 54.4 Å². The van der Waals surface area contributed by atoms with Gasteiger partial charge in [-0.3, -0.25) is 0 Å². The molecular formula is C63H39N3O. The van der Waals surface area contributed by atoms with Gasteiger partial charge in [0.25, 0.3) is 0 Å². The molecule has 4 nitrogen and oxygen atoms in total. The summed E-state index contributed by atoms with van der Waals surface area (Å²) in [6, 6.07) is 83.2. The van der Waals surface area contributed by atoms with Crippen molar-refractivity contribution in [1.29, 1.82) is 0 Å². The van der Waals surface area contributed by atoms with Gasteiger partial charge < -0.3 is 4.42 Å². The fourth-order valence-electron chi connectivity index (χ4n) is 9.98. The minimum atomic E-state index is 0.681. The standard InChI is InChI=1S/C63H39N3O/c1-4-18-40(19-5-1)43-24-16-27-46(36-43)63-65-55(41-20-6-2-7-21-41)39-56(66-63)50-35-34-47(48-28-10-11-29-49(48)50)44-25-17-26-45(37-44)62-53-38-58-61(52-31-13-15-33-57(52)67-58)59(42-22-8-3-9-23-42)60(53)51-30-12-14-32-54(51)64-62/h1-39H. The van der Waals surface area contributed by atoms with Crippen molar-refractivity contribution in [3.63, 3.8) is 0 Å². The molecule has 13 aromatic rings. The van der Waals surface area contributed by atoms with Gasteiger partial charge in [0.05, 0.1) is 22.6 Å². The van der Waals surface area contributed by atoms with Gasteiger partial charge in [-0.15, -0.1) is 0 Å². The molecule has 0 bridgehead atoms. The number of fused-ring (bicyclic) bond motifs is 7. The van der Waals surface area contributed by atoms with E-state index in [1.807, 2.05) is 18.2 Å². The normalized spacial score (nSPS) is 11.6. The van der Waals surface area contributed by atoms with E-state index in [0.717, 1.165) is 127 Å². The van der Waals surface area contributed by atoms with Crippen molar-refractivity contribution in [2.75, 3.05) is 0 Å². The molecule has 0 aliphatic heterocycles. The monoisotopic (exact) mass is 853 g/mol. The number of furan rings is 1. The summed E-state index contributed by atoms with van der Waals surface area (Å²) in [5, 5.41) is 7.78. The molecule has 3 heterocycles. The fraction of sp³-hybridized carbons (Fsp3) is 0. The van der Waals surface area contributed by atoms with Crippen molar-refractivity contribution < 1.29 is 4.42 Å². The highest BCUT2D eigenvalue weighted by atomic mass is 16.3. The zero-order valence-corrected chi connectivity index (χ0v) is 36.3. The van der Waals surface area contributed by atoms with Gasteiger partial charge in [0.15, 0.2) is 5.82 Å². The predicted molar refractivity (Wildman–Crippen MR) is 278 cm³/mol. The van der Waals surface area contributed by atoms with Crippen LogP contribution < -0.4 is 0 Å². The summed E-state index contributed by atoms with van der Waals surface area (Å²) in [5.74, 6) is 0.681. The Balaban J connectivity index is 0.989. The molecule has 0 saturated carbocycles. The Morgan fingerprint density at radius 3 is 1.61 bits per heavy atom. The number of aromatic nitrogens is 3. The van der Waals surface area contributed by atoms with E-state index in [1.165, 1.54) is 0 Å². The van der Waals surface area contributed by atoms with Gasteiger partial charge >= 0.3 is 0 Å². The second kappa shape index (κ2) is 15.9. The Morgan fingerprint density at radius 1 is 0.284 bits per heavy atom. The number of pyridine rings is 1. The molecule has 0 fully saturated rings. The zero-order valence-electron chi connectivity index (χ0n) is 36.3. The Kier molecular flexibility index (Phi) is 9.14. The van der Waals surface area contributed by atoms with Gasteiger partial charge in [0, 0.05) is 54.7 Å². The maximum Gasteiger partial charge on any atom is 0.160 e. The van der Waals surface area contributed by atoms with Crippen LogP contribution in [0.15, 0.2) is 241 Å². The van der Waals surface area contributed by atoms with Crippen LogP contribution in [-0.2, 0) is 0 Å². The maximum absolute atomic E-state index is 6.67. The largest absolute Gasteiger partial charge is 0.456 e. The van der Waals surface area contributed by atoms with Crippen molar-refractivity contribution in [2.45, 2.75) is 0 Å². The molecule has 67 heavy (non-hydrogen) atoms. The number of para-hydroxylation sites is 2. The van der Waals surface area contributed by atoms with Gasteiger partial charge in [0.1, 0.15) is 11.2 Å². The SMILES string of the molecule is c1ccc(-c2cccc(-c3nc(-c4ccccc4)cc(-c4ccc(-c5cccc(-c6nc7ccccc7c7c(-c8ccccc8)c8c(cc67)oc6ccccc68)c5)c5ccccc45)n3)c2)cc1. The fourth-order valence-corrected chi connectivity index (χ4v) is 9.98. The quantitative estimate of drug-likeness (QED) is 0.150. The summed E-state index contributed by atoms with van der Waals surface area (Å²) in [4.78, 5) is 16.0. The van der Waals surface area contributed by atoms with E-state index < -0.39 is 0 Å². The number of hydrogen-bond donors (Lipinski definition) is 0. The lowest BCUT2D eigenvalue weighted by molar-refractivity contribution is 0.669. The first kappa shape index (κ1) is 38.5. The van der Waals surface area contributed by atoms with E-state index >= 15 is 0 Å². The van der Waals surface area contributed by atoms with Gasteiger partial charge in [-0.2, -0.15) is 0 Å². The molecule has 13 rings (SSSR count). The molecule has 0 radical (unpaired) electrons. The van der Waals surface area contributed by atoms with Gasteiger partial charge in [0.2, 0.25) is 0 Å². The molecule has 312 valence electrons. The van der Waals surface area contributed by atoms with Crippen LogP contribution in [0.5, 0.6) is 0 Å². The smallest absolute Gasteiger partial charge is 0.160 e. The Hall–Kier alpha value is -8.99. The Labute approximate surface area is 387 Å². The molecule has 0 N–H and O–H groups in total. The van der Waals surface area contributed by atoms with E-state index in [9.17, 15) is 0 Å². The topological polar surface area (TPSA) is 51.8 Å². The van der Waals surface area contributed by atoms with Gasteiger partial charge in [-0.1, -0.05) is 200 Å². The highest BCUT2D eigenvalue weighted by Gasteiger charge is 2.22. The number of rotatable bonds is 7. The van der Waals surface area contributed by atoms with Crippen molar-refractivity contribution in [3.8, 4) is 78.5 Å². The molecule has 0 atom stereocenters. The molecule has 0 aliphatic rings. The third kappa shape index (κ3) is 6.65. The van der Waals surface area contributed by atoms with Crippen LogP contribution in [-0.4, -0.2) is 15.0 Å². The minimum absolute atomic E-state index is 0.681. The minimum Gasteiger partial charge on any atom is -0.456 e. The van der Waals surface area contributed by atoms with E-state index in [4.69, 9.17) is 19.4 Å². The first-order chi connectivity index (χ1) is 33.2. The first-order valence-electron chi connectivity index (χ1n) is 22.7. The Bertz CT molecular complexity index is 4030. The van der Waals surface area contributed by atoms with Crippen LogP contribution >= 0.6 is 0 Å². The Morgan fingerprint density at radius 2 is 0.836 bits per heavy atom. The predicted octanol–water partition coefficient (Wildman–Crippen LogP) is 16.9. The lowest BCUT2D eigenvalue weighted by Crippen LogP contribution is -1.97. The highest BCUT2D eigenvalue weighted by molar-refractivity contribution is 6.27.